The zero-order valence-corrected chi connectivity index (χ0v) is 18.4. The van der Waals surface area contributed by atoms with Gasteiger partial charge in [-0.1, -0.05) is 0 Å². The fourth-order valence-electron chi connectivity index (χ4n) is 4.89. The van der Waals surface area contributed by atoms with Gasteiger partial charge in [-0.05, 0) is 0 Å². The van der Waals surface area contributed by atoms with Crippen molar-refractivity contribution < 1.29 is 13.8 Å². The van der Waals surface area contributed by atoms with Crippen molar-refractivity contribution in [1.29, 1.82) is 0 Å². The minimum atomic E-state index is -3.53. The van der Waals surface area contributed by atoms with Gasteiger partial charge in [0, 0.05) is 0 Å². The molecule has 1 unspecified atom stereocenters. The molecule has 5 heteroatoms. The molecule has 24 heavy (non-hydrogen) atoms. The van der Waals surface area contributed by atoms with Crippen LogP contribution in [0.2, 0.25) is 0 Å². The molecule has 0 aliphatic heterocycles. The van der Waals surface area contributed by atoms with Gasteiger partial charge in [0.25, 0.3) is 0 Å². The molecular weight excluding hydrogens is 338 g/mol. The molecule has 1 N–H and O–H groups in total. The van der Waals surface area contributed by atoms with Crippen LogP contribution < -0.4 is 0 Å². The predicted molar refractivity (Wildman–Crippen MR) is 110 cm³/mol. The van der Waals surface area contributed by atoms with Crippen LogP contribution in [0.15, 0.2) is 0 Å². The van der Waals surface area contributed by atoms with Crippen LogP contribution in [0, 0.1) is 0 Å². The third kappa shape index (κ3) is 5.80. The van der Waals surface area contributed by atoms with Crippen molar-refractivity contribution in [3.05, 3.63) is 0 Å². The monoisotopic (exact) mass is 380 g/mol. The van der Waals surface area contributed by atoms with E-state index in [1.807, 2.05) is 0 Å². The van der Waals surface area contributed by atoms with Gasteiger partial charge in [-0.15, -0.1) is 0 Å². The molecule has 1 aliphatic rings. The molecule has 1 aliphatic carbocycles. The van der Waals surface area contributed by atoms with E-state index >= 15 is 0 Å². The molecule has 0 aromatic carbocycles. The Kier molecular flexibility index (Phi) is 9.48. The Morgan fingerprint density at radius 3 is 1.79 bits per heavy atom. The molecule has 3 nitrogen and oxygen atoms in total. The van der Waals surface area contributed by atoms with Crippen molar-refractivity contribution in [2.75, 3.05) is 24.6 Å². The summed E-state index contributed by atoms with van der Waals surface area (Å²) in [5.74, 6) is 0. The van der Waals surface area contributed by atoms with Crippen LogP contribution >= 0.6 is 14.4 Å². The van der Waals surface area contributed by atoms with Gasteiger partial charge in [0.2, 0.25) is 0 Å². The topological polar surface area (TPSA) is 46.5 Å². The van der Waals surface area contributed by atoms with E-state index in [9.17, 15) is 9.46 Å². The quantitative estimate of drug-likeness (QED) is 0.370. The first-order valence-electron chi connectivity index (χ1n) is 10.4. The van der Waals surface area contributed by atoms with Crippen LogP contribution in [-0.2, 0) is 8.88 Å². The van der Waals surface area contributed by atoms with Gasteiger partial charge < -0.3 is 0 Å². The van der Waals surface area contributed by atoms with Crippen molar-refractivity contribution >= 4 is 14.4 Å². The van der Waals surface area contributed by atoms with Gasteiger partial charge in [-0.2, -0.15) is 0 Å². The fourth-order valence-corrected chi connectivity index (χ4v) is 16.3. The standard InChI is InChI=1S/C19H42O3P2/c1-5-9-18-24(15-6-2,16-7-3,17-8-4)22-23(20,21)19-13-11-10-12-14-19/h19H,5-18H2,1-4H3,(H,20,21). The Hall–Kier alpha value is 0.580. The summed E-state index contributed by atoms with van der Waals surface area (Å²) in [5.41, 5.74) is -0.111. The average Bonchev–Trinajstić information content (AvgIpc) is 2.54. The van der Waals surface area contributed by atoms with Crippen molar-refractivity contribution in [1.82, 2.24) is 0 Å². The van der Waals surface area contributed by atoms with E-state index in [-0.39, 0.29) is 5.66 Å². The summed E-state index contributed by atoms with van der Waals surface area (Å²) in [4.78, 5) is 11.0. The zero-order valence-electron chi connectivity index (χ0n) is 16.6. The Balaban J connectivity index is 3.18. The molecule has 1 rings (SSSR count). The van der Waals surface area contributed by atoms with Gasteiger partial charge >= 0.3 is 150 Å². The minimum absolute atomic E-state index is 0.111. The third-order valence-corrected chi connectivity index (χ3v) is 16.2. The fraction of sp³-hybridized carbons (Fsp3) is 1.00. The van der Waals surface area contributed by atoms with Crippen LogP contribution in [0.3, 0.4) is 0 Å². The Morgan fingerprint density at radius 1 is 0.875 bits per heavy atom. The van der Waals surface area contributed by atoms with Gasteiger partial charge in [0.05, 0.1) is 0 Å². The molecule has 0 aromatic rings. The van der Waals surface area contributed by atoms with E-state index in [1.54, 1.807) is 0 Å². The molecule has 0 saturated heterocycles. The molecule has 0 aromatic heterocycles. The predicted octanol–water partition coefficient (Wildman–Crippen LogP) is 7.02. The van der Waals surface area contributed by atoms with E-state index in [2.05, 4.69) is 27.7 Å². The molecule has 1 fully saturated rings. The second kappa shape index (κ2) is 10.1. The summed E-state index contributed by atoms with van der Waals surface area (Å²) in [5, 5.41) is 0. The van der Waals surface area contributed by atoms with Gasteiger partial charge in [-0.25, -0.2) is 0 Å². The van der Waals surface area contributed by atoms with E-state index < -0.39 is 14.4 Å². The second-order valence-electron chi connectivity index (χ2n) is 8.04. The average molecular weight is 380 g/mol. The number of hydrogen-bond acceptors (Lipinski definition) is 2. The first kappa shape index (κ1) is 22.6. The molecule has 0 spiro atoms. The molecule has 1 atom stereocenters. The van der Waals surface area contributed by atoms with Gasteiger partial charge in [0.15, 0.2) is 0 Å². The van der Waals surface area contributed by atoms with E-state index in [4.69, 9.17) is 4.31 Å². The Bertz CT molecular complexity index is 386. The first-order valence-corrected chi connectivity index (χ1v) is 15.0. The first-order chi connectivity index (χ1) is 11.4. The number of hydrogen-bond donors (Lipinski definition) is 1. The molecule has 0 bridgehead atoms. The zero-order chi connectivity index (χ0) is 18.1. The Labute approximate surface area is 150 Å². The summed E-state index contributed by atoms with van der Waals surface area (Å²) in [7, 11) is -3.53. The van der Waals surface area contributed by atoms with Crippen LogP contribution in [0.1, 0.15) is 91.9 Å². The van der Waals surface area contributed by atoms with E-state index in [0.29, 0.717) is 0 Å². The van der Waals surface area contributed by atoms with Crippen molar-refractivity contribution in [2.45, 2.75) is 97.6 Å². The number of rotatable bonds is 12. The second-order valence-corrected chi connectivity index (χ2v) is 16.1. The molecule has 0 radical (unpaired) electrons. The van der Waals surface area contributed by atoms with Crippen LogP contribution in [-0.4, -0.2) is 35.2 Å². The molecular formula is C19H42O3P2. The summed E-state index contributed by atoms with van der Waals surface area (Å²) in [6.45, 7) is 6.26. The molecule has 0 heterocycles. The Morgan fingerprint density at radius 2 is 1.38 bits per heavy atom. The summed E-state index contributed by atoms with van der Waals surface area (Å²) in [6.07, 6.45) is 14.7. The normalized spacial score (nSPS) is 21.1. The van der Waals surface area contributed by atoms with Crippen molar-refractivity contribution in [3.8, 4) is 0 Å². The third-order valence-electron chi connectivity index (χ3n) is 5.83. The molecule has 146 valence electrons. The van der Waals surface area contributed by atoms with Crippen molar-refractivity contribution in [3.63, 3.8) is 0 Å². The van der Waals surface area contributed by atoms with Crippen LogP contribution in [0.4, 0.5) is 0 Å². The maximum absolute atomic E-state index is 13.3. The van der Waals surface area contributed by atoms with Gasteiger partial charge in [0.1, 0.15) is 0 Å². The van der Waals surface area contributed by atoms with E-state index in [0.717, 1.165) is 82.4 Å². The maximum atomic E-state index is 13.3. The molecule has 0 amide bonds. The molecule has 1 saturated carbocycles. The van der Waals surface area contributed by atoms with Crippen LogP contribution in [0.25, 0.3) is 0 Å². The SMILES string of the molecule is CCCCP(CCC)(CCC)(CCC)OP(=O)(O)C1CCCCC1. The summed E-state index contributed by atoms with van der Waals surface area (Å²) in [6, 6.07) is 0. The van der Waals surface area contributed by atoms with E-state index in [1.165, 1.54) is 6.42 Å². The van der Waals surface area contributed by atoms with Gasteiger partial charge in [-0.3, -0.25) is 0 Å². The number of unbranched alkanes of at least 4 members (excludes halogenated alkanes) is 1. The summed E-state index contributed by atoms with van der Waals surface area (Å²) < 4.78 is 20.0. The van der Waals surface area contributed by atoms with Crippen molar-refractivity contribution in [2.24, 2.45) is 0 Å². The van der Waals surface area contributed by atoms with Crippen LogP contribution in [0.5, 0.6) is 0 Å². The summed E-state index contributed by atoms with van der Waals surface area (Å²) >= 11 is 0.